The number of para-hydroxylation sites is 1. The van der Waals surface area contributed by atoms with Gasteiger partial charge >= 0.3 is 0 Å². The molecule has 3 aromatic rings. The largest absolute Gasteiger partial charge is 0.459 e. The van der Waals surface area contributed by atoms with Crippen LogP contribution in [0.4, 0.5) is 17.1 Å². The molecule has 5 nitrogen and oxygen atoms in total. The molecule has 2 aliphatic heterocycles. The standard InChI is InChI=1S/C26H25N3O2/c1-16(2)24(30)28-18-11-12-19-17(14-18)10-13-22-23(19)27-15-26(31-22)25(3,4)20-8-6-7-9-21(20)29(26)5/h6-15H,1H2,2-5H3,(H,28,30). The van der Waals surface area contributed by atoms with Crippen LogP contribution in [0.3, 0.4) is 0 Å². The van der Waals surface area contributed by atoms with Crippen molar-refractivity contribution in [3.05, 3.63) is 72.3 Å². The normalized spacial score (nSPS) is 20.3. The zero-order valence-corrected chi connectivity index (χ0v) is 18.2. The Hall–Kier alpha value is -3.60. The van der Waals surface area contributed by atoms with Crippen LogP contribution in [0.2, 0.25) is 0 Å². The van der Waals surface area contributed by atoms with Crippen molar-refractivity contribution in [2.45, 2.75) is 31.9 Å². The molecule has 5 heteroatoms. The highest BCUT2D eigenvalue weighted by Gasteiger charge is 2.58. The number of carbonyl (C=O) groups excluding carboxylic acids is 1. The van der Waals surface area contributed by atoms with Crippen molar-refractivity contribution >= 4 is 40.0 Å². The molecule has 1 N–H and O–H groups in total. The first-order valence-electron chi connectivity index (χ1n) is 10.4. The van der Waals surface area contributed by atoms with E-state index in [1.165, 1.54) is 5.56 Å². The Labute approximate surface area is 182 Å². The summed E-state index contributed by atoms with van der Waals surface area (Å²) < 4.78 is 6.72. The van der Waals surface area contributed by atoms with Gasteiger partial charge in [-0.1, -0.05) is 36.9 Å². The predicted octanol–water partition coefficient (Wildman–Crippen LogP) is 5.57. The number of nitrogens with one attached hydrogen (secondary N) is 1. The summed E-state index contributed by atoms with van der Waals surface area (Å²) in [6, 6.07) is 18.2. The molecule has 2 heterocycles. The van der Waals surface area contributed by atoms with Gasteiger partial charge in [0.1, 0.15) is 11.4 Å². The lowest BCUT2D eigenvalue weighted by atomic mass is 9.77. The van der Waals surface area contributed by atoms with E-state index in [2.05, 4.69) is 62.0 Å². The van der Waals surface area contributed by atoms with Gasteiger partial charge in [0.2, 0.25) is 5.72 Å². The van der Waals surface area contributed by atoms with Crippen molar-refractivity contribution in [1.82, 2.24) is 0 Å². The fourth-order valence-electron chi connectivity index (χ4n) is 4.70. The number of anilines is 2. The van der Waals surface area contributed by atoms with E-state index in [0.29, 0.717) is 5.57 Å². The van der Waals surface area contributed by atoms with Crippen LogP contribution >= 0.6 is 0 Å². The number of aliphatic imine (C=N–C) groups is 1. The number of likely N-dealkylation sites (N-methyl/N-ethyl adjacent to an activating group) is 1. The van der Waals surface area contributed by atoms with E-state index in [1.54, 1.807) is 6.92 Å². The van der Waals surface area contributed by atoms with Gasteiger partial charge in [-0.2, -0.15) is 0 Å². The number of fused-ring (bicyclic) bond motifs is 4. The number of ether oxygens (including phenoxy) is 1. The number of hydrogen-bond donors (Lipinski definition) is 1. The minimum absolute atomic E-state index is 0.188. The van der Waals surface area contributed by atoms with Crippen LogP contribution in [0.25, 0.3) is 10.8 Å². The van der Waals surface area contributed by atoms with E-state index in [9.17, 15) is 4.79 Å². The van der Waals surface area contributed by atoms with Gasteiger partial charge in [0, 0.05) is 29.4 Å². The van der Waals surface area contributed by atoms with Crippen molar-refractivity contribution in [3.63, 3.8) is 0 Å². The highest BCUT2D eigenvalue weighted by molar-refractivity contribution is 6.05. The third-order valence-corrected chi connectivity index (χ3v) is 6.57. The summed E-state index contributed by atoms with van der Waals surface area (Å²) in [5, 5.41) is 4.83. The first-order valence-corrected chi connectivity index (χ1v) is 10.4. The van der Waals surface area contributed by atoms with Crippen LogP contribution in [0.5, 0.6) is 5.75 Å². The van der Waals surface area contributed by atoms with Crippen molar-refractivity contribution in [2.75, 3.05) is 17.3 Å². The van der Waals surface area contributed by atoms with Crippen molar-refractivity contribution in [1.29, 1.82) is 0 Å². The molecular weight excluding hydrogens is 386 g/mol. The molecule has 0 bridgehead atoms. The van der Waals surface area contributed by atoms with Crippen LogP contribution in [0.15, 0.2) is 71.7 Å². The minimum atomic E-state index is -0.702. The van der Waals surface area contributed by atoms with Crippen LogP contribution in [-0.4, -0.2) is 24.9 Å². The van der Waals surface area contributed by atoms with E-state index in [4.69, 9.17) is 9.73 Å². The lowest BCUT2D eigenvalue weighted by molar-refractivity contribution is -0.112. The molecule has 2 aliphatic rings. The first kappa shape index (κ1) is 19.4. The highest BCUT2D eigenvalue weighted by Crippen LogP contribution is 2.54. The molecule has 0 saturated carbocycles. The van der Waals surface area contributed by atoms with E-state index >= 15 is 0 Å². The molecule has 1 unspecified atom stereocenters. The Morgan fingerprint density at radius 3 is 2.65 bits per heavy atom. The molecule has 0 aromatic heterocycles. The van der Waals surface area contributed by atoms with Crippen molar-refractivity contribution < 1.29 is 9.53 Å². The predicted molar refractivity (Wildman–Crippen MR) is 127 cm³/mol. The van der Waals surface area contributed by atoms with E-state index in [-0.39, 0.29) is 11.3 Å². The number of hydrogen-bond acceptors (Lipinski definition) is 4. The number of carbonyl (C=O) groups is 1. The van der Waals surface area contributed by atoms with E-state index in [1.807, 2.05) is 36.5 Å². The molecule has 1 atom stereocenters. The Morgan fingerprint density at radius 1 is 1.13 bits per heavy atom. The Morgan fingerprint density at radius 2 is 1.90 bits per heavy atom. The lowest BCUT2D eigenvalue weighted by Gasteiger charge is -2.45. The fraction of sp³-hybridized carbons (Fsp3) is 0.231. The van der Waals surface area contributed by atoms with Crippen molar-refractivity contribution in [2.24, 2.45) is 4.99 Å². The van der Waals surface area contributed by atoms with Gasteiger partial charge in [-0.3, -0.25) is 9.79 Å². The molecule has 0 fully saturated rings. The monoisotopic (exact) mass is 411 g/mol. The average molecular weight is 412 g/mol. The maximum atomic E-state index is 12.0. The molecule has 0 saturated heterocycles. The Bertz CT molecular complexity index is 1290. The molecule has 0 radical (unpaired) electrons. The zero-order valence-electron chi connectivity index (χ0n) is 18.2. The van der Waals surface area contributed by atoms with Gasteiger partial charge in [-0.15, -0.1) is 0 Å². The summed E-state index contributed by atoms with van der Waals surface area (Å²) in [6.45, 7) is 9.77. The van der Waals surface area contributed by atoms with Gasteiger partial charge < -0.3 is 15.0 Å². The first-order chi connectivity index (χ1) is 14.7. The molecule has 31 heavy (non-hydrogen) atoms. The quantitative estimate of drug-likeness (QED) is 0.561. The zero-order chi connectivity index (χ0) is 22.0. The number of nitrogens with zero attached hydrogens (tertiary/aromatic N) is 2. The molecule has 5 rings (SSSR count). The Kier molecular flexibility index (Phi) is 4.03. The third-order valence-electron chi connectivity index (χ3n) is 6.57. The average Bonchev–Trinajstić information content (AvgIpc) is 2.92. The van der Waals surface area contributed by atoms with Crippen molar-refractivity contribution in [3.8, 4) is 5.75 Å². The van der Waals surface area contributed by atoms with Crippen LogP contribution in [0, 0.1) is 0 Å². The number of rotatable bonds is 2. The fourth-order valence-corrected chi connectivity index (χ4v) is 4.70. The van der Waals surface area contributed by atoms with Gasteiger partial charge in [-0.05, 0) is 56.0 Å². The second-order valence-electron chi connectivity index (χ2n) is 8.84. The maximum absolute atomic E-state index is 12.0. The van der Waals surface area contributed by atoms with Gasteiger partial charge in [0.05, 0.1) is 11.6 Å². The second kappa shape index (κ2) is 6.45. The van der Waals surface area contributed by atoms with Gasteiger partial charge in [0.25, 0.3) is 5.91 Å². The van der Waals surface area contributed by atoms with Crippen LogP contribution < -0.4 is 15.0 Å². The van der Waals surface area contributed by atoms with E-state index in [0.717, 1.165) is 33.6 Å². The number of amides is 1. The minimum Gasteiger partial charge on any atom is -0.459 e. The summed E-state index contributed by atoms with van der Waals surface area (Å²) >= 11 is 0. The second-order valence-corrected chi connectivity index (χ2v) is 8.84. The highest BCUT2D eigenvalue weighted by atomic mass is 16.5. The van der Waals surface area contributed by atoms with Gasteiger partial charge in [-0.25, -0.2) is 0 Å². The third kappa shape index (κ3) is 2.62. The molecule has 3 aromatic carbocycles. The molecule has 0 aliphatic carbocycles. The summed E-state index contributed by atoms with van der Waals surface area (Å²) in [7, 11) is 2.06. The van der Waals surface area contributed by atoms with E-state index < -0.39 is 5.72 Å². The molecule has 1 spiro atoms. The SMILES string of the molecule is C=C(C)C(=O)Nc1ccc2c3c(ccc2c1)OC1(C=N3)N(C)c2ccccc2C1(C)C. The molecule has 1 amide bonds. The lowest BCUT2D eigenvalue weighted by Crippen LogP contribution is -2.61. The molecule has 156 valence electrons. The summed E-state index contributed by atoms with van der Waals surface area (Å²) in [6.07, 6.45) is 1.94. The van der Waals surface area contributed by atoms with Crippen LogP contribution in [0.1, 0.15) is 26.3 Å². The molecular formula is C26H25N3O2. The topological polar surface area (TPSA) is 53.9 Å². The summed E-state index contributed by atoms with van der Waals surface area (Å²) in [4.78, 5) is 19.0. The van der Waals surface area contributed by atoms with Crippen LogP contribution in [-0.2, 0) is 10.2 Å². The summed E-state index contributed by atoms with van der Waals surface area (Å²) in [5.74, 6) is 0.563. The summed E-state index contributed by atoms with van der Waals surface area (Å²) in [5.41, 5.74) is 3.41. The van der Waals surface area contributed by atoms with Gasteiger partial charge in [0.15, 0.2) is 0 Å². The smallest absolute Gasteiger partial charge is 0.250 e. The maximum Gasteiger partial charge on any atom is 0.250 e. The Balaban J connectivity index is 1.57. The number of benzene rings is 3.